The van der Waals surface area contributed by atoms with Gasteiger partial charge >= 0.3 is 0 Å². The fourth-order valence-corrected chi connectivity index (χ4v) is 1.53. The number of benzene rings is 1. The van der Waals surface area contributed by atoms with Crippen LogP contribution in [0.5, 0.6) is 0 Å². The summed E-state index contributed by atoms with van der Waals surface area (Å²) in [6.45, 7) is 6.30. The van der Waals surface area contributed by atoms with E-state index in [2.05, 4.69) is 24.4 Å². The third-order valence-corrected chi connectivity index (χ3v) is 2.49. The molecule has 1 rings (SSSR count). The Kier molecular flexibility index (Phi) is 7.63. The molecule has 17 heavy (non-hydrogen) atoms. The van der Waals surface area contributed by atoms with Crippen LogP contribution in [0.3, 0.4) is 0 Å². The Morgan fingerprint density at radius 3 is 2.71 bits per heavy atom. The van der Waals surface area contributed by atoms with Crippen LogP contribution in [-0.2, 0) is 16.1 Å². The Balaban J connectivity index is 2.02. The van der Waals surface area contributed by atoms with Crippen LogP contribution in [0.25, 0.3) is 0 Å². The summed E-state index contributed by atoms with van der Waals surface area (Å²) in [6, 6.07) is 10.3. The van der Waals surface area contributed by atoms with Gasteiger partial charge in [-0.25, -0.2) is 0 Å². The van der Waals surface area contributed by atoms with E-state index in [4.69, 9.17) is 9.47 Å². The lowest BCUT2D eigenvalue weighted by Gasteiger charge is -2.13. The number of hydrogen-bond acceptors (Lipinski definition) is 3. The molecule has 0 aliphatic rings. The first-order valence-corrected chi connectivity index (χ1v) is 6.14. The van der Waals surface area contributed by atoms with Gasteiger partial charge in [-0.3, -0.25) is 0 Å². The molecule has 0 saturated carbocycles. The largest absolute Gasteiger partial charge is 0.383 e. The third kappa shape index (κ3) is 7.10. The number of ether oxygens (including phenoxy) is 2. The molecule has 1 unspecified atom stereocenters. The molecule has 0 heterocycles. The Hall–Kier alpha value is -0.900. The normalized spacial score (nSPS) is 12.6. The predicted octanol–water partition coefficient (Wildman–Crippen LogP) is 2.08. The Labute approximate surface area is 104 Å². The minimum Gasteiger partial charge on any atom is -0.383 e. The van der Waals surface area contributed by atoms with Gasteiger partial charge in [-0.1, -0.05) is 37.3 Å². The second-order valence-electron chi connectivity index (χ2n) is 4.30. The maximum atomic E-state index is 5.67. The lowest BCUT2D eigenvalue weighted by Crippen LogP contribution is -2.27. The first kappa shape index (κ1) is 14.2. The van der Waals surface area contributed by atoms with Crippen molar-refractivity contribution in [1.29, 1.82) is 0 Å². The van der Waals surface area contributed by atoms with Crippen LogP contribution in [0.2, 0.25) is 0 Å². The fourth-order valence-electron chi connectivity index (χ4n) is 1.53. The van der Waals surface area contributed by atoms with E-state index < -0.39 is 0 Å². The molecule has 0 spiro atoms. The van der Waals surface area contributed by atoms with E-state index in [1.54, 1.807) is 7.11 Å². The highest BCUT2D eigenvalue weighted by Gasteiger charge is 2.01. The van der Waals surface area contributed by atoms with Crippen LogP contribution in [0.4, 0.5) is 0 Å². The molecule has 0 radical (unpaired) electrons. The second-order valence-corrected chi connectivity index (χ2v) is 4.30. The molecule has 0 saturated heterocycles. The molecule has 1 aromatic rings. The summed E-state index contributed by atoms with van der Waals surface area (Å²) in [5.74, 6) is 0.524. The molecule has 0 bridgehead atoms. The average Bonchev–Trinajstić information content (AvgIpc) is 2.36. The second kappa shape index (κ2) is 9.16. The van der Waals surface area contributed by atoms with Gasteiger partial charge in [-0.05, 0) is 18.0 Å². The van der Waals surface area contributed by atoms with Crippen LogP contribution < -0.4 is 5.32 Å². The molecule has 96 valence electrons. The number of rotatable bonds is 9. The molecule has 3 heteroatoms. The zero-order valence-electron chi connectivity index (χ0n) is 10.8. The minimum absolute atomic E-state index is 0.524. The van der Waals surface area contributed by atoms with Crippen LogP contribution in [0.15, 0.2) is 30.3 Å². The summed E-state index contributed by atoms with van der Waals surface area (Å²) in [5, 5.41) is 3.33. The number of methoxy groups -OCH3 is 1. The third-order valence-electron chi connectivity index (χ3n) is 2.49. The highest BCUT2D eigenvalue weighted by atomic mass is 16.5. The maximum absolute atomic E-state index is 5.67. The summed E-state index contributed by atoms with van der Waals surface area (Å²) >= 11 is 0. The first-order valence-electron chi connectivity index (χ1n) is 6.14. The molecular weight excluding hydrogens is 214 g/mol. The van der Waals surface area contributed by atoms with E-state index in [9.17, 15) is 0 Å². The van der Waals surface area contributed by atoms with E-state index in [1.165, 1.54) is 5.56 Å². The topological polar surface area (TPSA) is 30.5 Å². The van der Waals surface area contributed by atoms with Gasteiger partial charge in [0, 0.05) is 13.7 Å². The summed E-state index contributed by atoms with van der Waals surface area (Å²) in [6.07, 6.45) is 0. The van der Waals surface area contributed by atoms with E-state index in [0.29, 0.717) is 12.5 Å². The molecule has 0 amide bonds. The SMILES string of the molecule is COCCNCC(C)COCc1ccccc1. The highest BCUT2D eigenvalue weighted by Crippen LogP contribution is 2.02. The first-order chi connectivity index (χ1) is 8.33. The van der Waals surface area contributed by atoms with Gasteiger partial charge < -0.3 is 14.8 Å². The molecule has 0 aliphatic carbocycles. The predicted molar refractivity (Wildman–Crippen MR) is 70.0 cm³/mol. The minimum atomic E-state index is 0.524. The van der Waals surface area contributed by atoms with Crippen LogP contribution in [-0.4, -0.2) is 33.4 Å². The molecule has 0 aromatic heterocycles. The lowest BCUT2D eigenvalue weighted by atomic mass is 10.2. The van der Waals surface area contributed by atoms with Gasteiger partial charge in [0.05, 0.1) is 19.8 Å². The van der Waals surface area contributed by atoms with Crippen molar-refractivity contribution in [2.24, 2.45) is 5.92 Å². The maximum Gasteiger partial charge on any atom is 0.0717 e. The van der Waals surface area contributed by atoms with Gasteiger partial charge in [0.15, 0.2) is 0 Å². The molecule has 0 aliphatic heterocycles. The molecule has 1 atom stereocenters. The van der Waals surface area contributed by atoms with Crippen LogP contribution >= 0.6 is 0 Å². The van der Waals surface area contributed by atoms with E-state index in [0.717, 1.165) is 26.3 Å². The molecule has 0 fully saturated rings. The molecular formula is C14H23NO2. The Bertz CT molecular complexity index is 277. The van der Waals surface area contributed by atoms with Crippen molar-refractivity contribution in [3.8, 4) is 0 Å². The van der Waals surface area contributed by atoms with E-state index in [-0.39, 0.29) is 0 Å². The van der Waals surface area contributed by atoms with Crippen molar-refractivity contribution in [1.82, 2.24) is 5.32 Å². The molecule has 3 nitrogen and oxygen atoms in total. The smallest absolute Gasteiger partial charge is 0.0717 e. The van der Waals surface area contributed by atoms with Gasteiger partial charge in [0.2, 0.25) is 0 Å². The highest BCUT2D eigenvalue weighted by molar-refractivity contribution is 5.13. The van der Waals surface area contributed by atoms with E-state index >= 15 is 0 Å². The fraction of sp³-hybridized carbons (Fsp3) is 0.571. The zero-order valence-corrected chi connectivity index (χ0v) is 10.8. The van der Waals surface area contributed by atoms with Crippen molar-refractivity contribution in [2.45, 2.75) is 13.5 Å². The van der Waals surface area contributed by atoms with Crippen molar-refractivity contribution in [3.63, 3.8) is 0 Å². The van der Waals surface area contributed by atoms with Gasteiger partial charge in [-0.2, -0.15) is 0 Å². The van der Waals surface area contributed by atoms with Crippen LogP contribution in [0.1, 0.15) is 12.5 Å². The summed E-state index contributed by atoms with van der Waals surface area (Å²) in [7, 11) is 1.72. The summed E-state index contributed by atoms with van der Waals surface area (Å²) in [5.41, 5.74) is 1.23. The van der Waals surface area contributed by atoms with Gasteiger partial charge in [0.1, 0.15) is 0 Å². The Morgan fingerprint density at radius 1 is 1.24 bits per heavy atom. The Morgan fingerprint density at radius 2 is 2.00 bits per heavy atom. The van der Waals surface area contributed by atoms with Crippen molar-refractivity contribution >= 4 is 0 Å². The number of nitrogens with one attached hydrogen (secondary N) is 1. The van der Waals surface area contributed by atoms with Crippen molar-refractivity contribution in [3.05, 3.63) is 35.9 Å². The van der Waals surface area contributed by atoms with Crippen molar-refractivity contribution < 1.29 is 9.47 Å². The van der Waals surface area contributed by atoms with Crippen molar-refractivity contribution in [2.75, 3.05) is 33.4 Å². The van der Waals surface area contributed by atoms with E-state index in [1.807, 2.05) is 18.2 Å². The van der Waals surface area contributed by atoms with Gasteiger partial charge in [-0.15, -0.1) is 0 Å². The zero-order chi connectivity index (χ0) is 12.3. The molecule has 1 aromatic carbocycles. The quantitative estimate of drug-likeness (QED) is 0.667. The molecule has 1 N–H and O–H groups in total. The number of hydrogen-bond donors (Lipinski definition) is 1. The standard InChI is InChI=1S/C14H23NO2/c1-13(10-15-8-9-16-2)11-17-12-14-6-4-3-5-7-14/h3-7,13,15H,8-12H2,1-2H3. The summed E-state index contributed by atoms with van der Waals surface area (Å²) < 4.78 is 10.6. The van der Waals surface area contributed by atoms with Gasteiger partial charge in [0.25, 0.3) is 0 Å². The monoisotopic (exact) mass is 237 g/mol. The lowest BCUT2D eigenvalue weighted by molar-refractivity contribution is 0.0910. The van der Waals surface area contributed by atoms with Crippen LogP contribution in [0, 0.1) is 5.92 Å². The average molecular weight is 237 g/mol. The summed E-state index contributed by atoms with van der Waals surface area (Å²) in [4.78, 5) is 0.